The summed E-state index contributed by atoms with van der Waals surface area (Å²) in [6, 6.07) is 9.96. The standard InChI is InChI=1S/C19H25N3O2/c1-22-14-15(13-20-22)11-12-19(23)21-17-9-5-6-10-18(17)24-16-7-3-2-4-8-16/h2-4,7-8,13-14,17-18H,5-6,9-12H2,1H3,(H,21,23)/t17-,18+/m1/s1. The Balaban J connectivity index is 1.52. The van der Waals surface area contributed by atoms with E-state index in [9.17, 15) is 4.79 Å². The summed E-state index contributed by atoms with van der Waals surface area (Å²) < 4.78 is 7.87. The molecule has 1 amide bonds. The van der Waals surface area contributed by atoms with Gasteiger partial charge in [-0.3, -0.25) is 9.48 Å². The first-order chi connectivity index (χ1) is 11.7. The molecular formula is C19H25N3O2. The molecular weight excluding hydrogens is 302 g/mol. The van der Waals surface area contributed by atoms with E-state index in [2.05, 4.69) is 10.4 Å². The highest BCUT2D eigenvalue weighted by molar-refractivity contribution is 5.76. The molecule has 0 bridgehead atoms. The van der Waals surface area contributed by atoms with Crippen LogP contribution in [-0.2, 0) is 18.3 Å². The van der Waals surface area contributed by atoms with Crippen LogP contribution in [0.4, 0.5) is 0 Å². The zero-order valence-electron chi connectivity index (χ0n) is 14.1. The minimum Gasteiger partial charge on any atom is -0.488 e. The van der Waals surface area contributed by atoms with Crippen LogP contribution >= 0.6 is 0 Å². The van der Waals surface area contributed by atoms with Crippen LogP contribution < -0.4 is 10.1 Å². The Kier molecular flexibility index (Phi) is 5.51. The van der Waals surface area contributed by atoms with Crippen molar-refractivity contribution in [2.45, 2.75) is 50.7 Å². The average Bonchev–Trinajstić information content (AvgIpc) is 3.01. The number of hydrogen-bond acceptors (Lipinski definition) is 3. The third-order valence-electron chi connectivity index (χ3n) is 4.48. The van der Waals surface area contributed by atoms with Gasteiger partial charge in [-0.2, -0.15) is 5.10 Å². The van der Waals surface area contributed by atoms with Gasteiger partial charge >= 0.3 is 0 Å². The fourth-order valence-corrected chi connectivity index (χ4v) is 3.21. The summed E-state index contributed by atoms with van der Waals surface area (Å²) in [5.41, 5.74) is 1.09. The van der Waals surface area contributed by atoms with Gasteiger partial charge < -0.3 is 10.1 Å². The lowest BCUT2D eigenvalue weighted by molar-refractivity contribution is -0.122. The molecule has 5 nitrogen and oxygen atoms in total. The number of benzene rings is 1. The highest BCUT2D eigenvalue weighted by Crippen LogP contribution is 2.24. The van der Waals surface area contributed by atoms with Crippen LogP contribution in [0.2, 0.25) is 0 Å². The smallest absolute Gasteiger partial charge is 0.220 e. The highest BCUT2D eigenvalue weighted by atomic mass is 16.5. The van der Waals surface area contributed by atoms with Crippen molar-refractivity contribution >= 4 is 5.91 Å². The van der Waals surface area contributed by atoms with Crippen molar-refractivity contribution in [1.82, 2.24) is 15.1 Å². The maximum absolute atomic E-state index is 12.3. The van der Waals surface area contributed by atoms with Gasteiger partial charge in [0.15, 0.2) is 0 Å². The van der Waals surface area contributed by atoms with E-state index < -0.39 is 0 Å². The number of aryl methyl sites for hydroxylation is 2. The van der Waals surface area contributed by atoms with E-state index in [1.54, 1.807) is 4.68 Å². The topological polar surface area (TPSA) is 56.2 Å². The van der Waals surface area contributed by atoms with Gasteiger partial charge in [0.1, 0.15) is 11.9 Å². The summed E-state index contributed by atoms with van der Waals surface area (Å²) in [4.78, 5) is 12.3. The Bertz CT molecular complexity index is 654. The second-order valence-electron chi connectivity index (χ2n) is 6.45. The second-order valence-corrected chi connectivity index (χ2v) is 6.45. The number of nitrogens with zero attached hydrogens (tertiary/aromatic N) is 2. The molecule has 1 aliphatic rings. The van der Waals surface area contributed by atoms with Gasteiger partial charge in [0.25, 0.3) is 0 Å². The first kappa shape index (κ1) is 16.6. The number of carbonyl (C=O) groups excluding carboxylic acids is 1. The lowest BCUT2D eigenvalue weighted by Gasteiger charge is -2.32. The monoisotopic (exact) mass is 327 g/mol. The van der Waals surface area contributed by atoms with Gasteiger partial charge in [-0.1, -0.05) is 24.6 Å². The molecule has 0 spiro atoms. The van der Waals surface area contributed by atoms with E-state index in [1.807, 2.05) is 49.8 Å². The molecule has 2 atom stereocenters. The van der Waals surface area contributed by atoms with E-state index in [0.717, 1.165) is 43.4 Å². The third-order valence-corrected chi connectivity index (χ3v) is 4.48. The molecule has 3 rings (SSSR count). The Morgan fingerprint density at radius 2 is 2.08 bits per heavy atom. The number of hydrogen-bond donors (Lipinski definition) is 1. The summed E-state index contributed by atoms with van der Waals surface area (Å²) in [5.74, 6) is 0.964. The predicted octanol–water partition coefficient (Wildman–Crippen LogP) is 2.86. The molecule has 1 saturated carbocycles. The van der Waals surface area contributed by atoms with Gasteiger partial charge in [0.2, 0.25) is 5.91 Å². The minimum absolute atomic E-state index is 0.0588. The van der Waals surface area contributed by atoms with Crippen LogP contribution in [0.25, 0.3) is 0 Å². The molecule has 0 unspecified atom stereocenters. The number of rotatable bonds is 6. The number of nitrogens with one attached hydrogen (secondary N) is 1. The summed E-state index contributed by atoms with van der Waals surface area (Å²) in [6.07, 6.45) is 9.30. The Labute approximate surface area is 143 Å². The first-order valence-corrected chi connectivity index (χ1v) is 8.69. The second kappa shape index (κ2) is 7.99. The van der Waals surface area contributed by atoms with Crippen molar-refractivity contribution in [3.8, 4) is 5.75 Å². The molecule has 1 heterocycles. The molecule has 1 aliphatic carbocycles. The molecule has 24 heavy (non-hydrogen) atoms. The van der Waals surface area contributed by atoms with E-state index in [0.29, 0.717) is 6.42 Å². The molecule has 1 fully saturated rings. The Hall–Kier alpha value is -2.30. The van der Waals surface area contributed by atoms with Gasteiger partial charge in [-0.05, 0) is 43.4 Å². The van der Waals surface area contributed by atoms with E-state index in [-0.39, 0.29) is 18.1 Å². The van der Waals surface area contributed by atoms with Crippen LogP contribution in [0.15, 0.2) is 42.7 Å². The SMILES string of the molecule is Cn1cc(CCC(=O)N[C@@H]2CCCC[C@@H]2Oc2ccccc2)cn1. The normalized spacial score (nSPS) is 20.5. The Morgan fingerprint density at radius 3 is 2.83 bits per heavy atom. The highest BCUT2D eigenvalue weighted by Gasteiger charge is 2.28. The molecule has 1 aromatic carbocycles. The van der Waals surface area contributed by atoms with Gasteiger partial charge in [-0.25, -0.2) is 0 Å². The van der Waals surface area contributed by atoms with E-state index in [1.165, 1.54) is 0 Å². The van der Waals surface area contributed by atoms with Crippen LogP contribution in [0.5, 0.6) is 5.75 Å². The fraction of sp³-hybridized carbons (Fsp3) is 0.474. The van der Waals surface area contributed by atoms with Crippen molar-refractivity contribution in [2.24, 2.45) is 7.05 Å². The van der Waals surface area contributed by atoms with Crippen LogP contribution in [0, 0.1) is 0 Å². The summed E-state index contributed by atoms with van der Waals surface area (Å²) in [7, 11) is 1.89. The van der Waals surface area contributed by atoms with E-state index in [4.69, 9.17) is 4.74 Å². The van der Waals surface area contributed by atoms with Gasteiger partial charge in [-0.15, -0.1) is 0 Å². The first-order valence-electron chi connectivity index (χ1n) is 8.69. The third kappa shape index (κ3) is 4.60. The zero-order chi connectivity index (χ0) is 16.8. The minimum atomic E-state index is 0.0588. The molecule has 0 aliphatic heterocycles. The lowest BCUT2D eigenvalue weighted by atomic mass is 9.92. The van der Waals surface area contributed by atoms with Crippen LogP contribution in [0.3, 0.4) is 0 Å². The van der Waals surface area contributed by atoms with Crippen molar-refractivity contribution in [3.05, 3.63) is 48.3 Å². The number of amides is 1. The largest absolute Gasteiger partial charge is 0.488 e. The Morgan fingerprint density at radius 1 is 1.29 bits per heavy atom. The quantitative estimate of drug-likeness (QED) is 0.887. The molecule has 0 saturated heterocycles. The summed E-state index contributed by atoms with van der Waals surface area (Å²) in [5, 5.41) is 7.31. The van der Waals surface area contributed by atoms with Crippen molar-refractivity contribution in [2.75, 3.05) is 0 Å². The fourth-order valence-electron chi connectivity index (χ4n) is 3.21. The number of ether oxygens (including phenoxy) is 1. The van der Waals surface area contributed by atoms with Gasteiger partial charge in [0, 0.05) is 19.7 Å². The number of carbonyl (C=O) groups is 1. The molecule has 128 valence electrons. The zero-order valence-corrected chi connectivity index (χ0v) is 14.1. The number of para-hydroxylation sites is 1. The molecule has 2 aromatic rings. The maximum Gasteiger partial charge on any atom is 0.220 e. The maximum atomic E-state index is 12.3. The van der Waals surface area contributed by atoms with Crippen molar-refractivity contribution < 1.29 is 9.53 Å². The van der Waals surface area contributed by atoms with Crippen LogP contribution in [-0.4, -0.2) is 27.8 Å². The van der Waals surface area contributed by atoms with Crippen molar-refractivity contribution in [1.29, 1.82) is 0 Å². The van der Waals surface area contributed by atoms with E-state index >= 15 is 0 Å². The summed E-state index contributed by atoms with van der Waals surface area (Å²) >= 11 is 0. The lowest BCUT2D eigenvalue weighted by Crippen LogP contribution is -2.47. The average molecular weight is 327 g/mol. The molecule has 1 N–H and O–H groups in total. The van der Waals surface area contributed by atoms with Crippen molar-refractivity contribution in [3.63, 3.8) is 0 Å². The van der Waals surface area contributed by atoms with Crippen LogP contribution in [0.1, 0.15) is 37.7 Å². The predicted molar refractivity (Wildman–Crippen MR) is 92.8 cm³/mol. The van der Waals surface area contributed by atoms with Gasteiger partial charge in [0.05, 0.1) is 12.2 Å². The molecule has 5 heteroatoms. The summed E-state index contributed by atoms with van der Waals surface area (Å²) in [6.45, 7) is 0. The number of aromatic nitrogens is 2. The molecule has 1 aromatic heterocycles. The molecule has 0 radical (unpaired) electrons.